The summed E-state index contributed by atoms with van der Waals surface area (Å²) in [4.78, 5) is 26.3. The van der Waals surface area contributed by atoms with Crippen LogP contribution in [0.3, 0.4) is 0 Å². The zero-order valence-corrected chi connectivity index (χ0v) is 10.4. The lowest BCUT2D eigenvalue weighted by molar-refractivity contribution is -0.124. The minimum Gasteiger partial charge on any atom is -0.365 e. The number of hydrogen-bond donors (Lipinski definition) is 0. The molecule has 4 rings (SSSR count). The first-order valence-electron chi connectivity index (χ1n) is 6.45. The number of amides is 2. The number of rotatable bonds is 1. The first-order chi connectivity index (χ1) is 9.16. The molecule has 0 N–H and O–H groups in total. The highest BCUT2D eigenvalue weighted by molar-refractivity contribution is 6.23. The summed E-state index contributed by atoms with van der Waals surface area (Å²) in [5.41, 5.74) is 1.70. The van der Waals surface area contributed by atoms with Crippen LogP contribution in [0.5, 0.6) is 0 Å². The molecule has 0 spiro atoms. The maximum absolute atomic E-state index is 12.5. The minimum atomic E-state index is -0.331. The third-order valence-corrected chi connectivity index (χ3v) is 4.17. The fourth-order valence-electron chi connectivity index (χ4n) is 3.33. The van der Waals surface area contributed by atoms with Gasteiger partial charge in [0.25, 0.3) is 0 Å². The van der Waals surface area contributed by atoms with Gasteiger partial charge in [-0.3, -0.25) is 9.59 Å². The fraction of sp³-hybridized carbons (Fsp3) is 0.333. The lowest BCUT2D eigenvalue weighted by Crippen LogP contribution is -2.34. The van der Waals surface area contributed by atoms with Crippen molar-refractivity contribution in [2.24, 2.45) is 11.8 Å². The normalized spacial score (nSPS) is 35.3. The quantitative estimate of drug-likeness (QED) is 0.563. The maximum atomic E-state index is 12.5. The molecule has 2 amide bonds. The number of fused-ring (bicyclic) bond motifs is 5. The van der Waals surface area contributed by atoms with Crippen LogP contribution >= 0.6 is 0 Å². The summed E-state index contributed by atoms with van der Waals surface area (Å²) in [5, 5.41) is 0. The van der Waals surface area contributed by atoms with Crippen LogP contribution in [-0.4, -0.2) is 24.0 Å². The number of nitrogens with zero attached hydrogens (tertiary/aromatic N) is 1. The Morgan fingerprint density at radius 2 is 1.68 bits per heavy atom. The maximum Gasteiger partial charge on any atom is 0.240 e. The predicted octanol–water partition coefficient (Wildman–Crippen LogP) is 1.44. The molecule has 0 saturated carbocycles. The van der Waals surface area contributed by atoms with Crippen LogP contribution in [0.25, 0.3) is 0 Å². The number of carbonyl (C=O) groups excluding carboxylic acids is 2. The Labute approximate surface area is 110 Å². The van der Waals surface area contributed by atoms with Gasteiger partial charge in [0.15, 0.2) is 0 Å². The van der Waals surface area contributed by atoms with E-state index in [-0.39, 0.29) is 35.9 Å². The van der Waals surface area contributed by atoms with Crippen molar-refractivity contribution in [2.75, 3.05) is 4.90 Å². The van der Waals surface area contributed by atoms with Crippen LogP contribution in [-0.2, 0) is 14.3 Å². The van der Waals surface area contributed by atoms with E-state index in [4.69, 9.17) is 4.74 Å². The summed E-state index contributed by atoms with van der Waals surface area (Å²) < 4.78 is 5.61. The third kappa shape index (κ3) is 1.32. The highest BCUT2D eigenvalue weighted by atomic mass is 16.5. The van der Waals surface area contributed by atoms with Crippen LogP contribution in [0.2, 0.25) is 0 Å². The minimum absolute atomic E-state index is 0.127. The summed E-state index contributed by atoms with van der Waals surface area (Å²) in [6, 6.07) is 7.49. The first kappa shape index (κ1) is 10.9. The molecule has 4 atom stereocenters. The molecule has 3 heterocycles. The first-order valence-corrected chi connectivity index (χ1v) is 6.45. The van der Waals surface area contributed by atoms with E-state index in [0.29, 0.717) is 5.69 Å². The van der Waals surface area contributed by atoms with Gasteiger partial charge >= 0.3 is 0 Å². The summed E-state index contributed by atoms with van der Waals surface area (Å²) in [5.74, 6) is -0.916. The summed E-state index contributed by atoms with van der Waals surface area (Å²) >= 11 is 0. The summed E-state index contributed by atoms with van der Waals surface area (Å²) in [7, 11) is 0. The van der Waals surface area contributed by atoms with Crippen molar-refractivity contribution in [1.82, 2.24) is 0 Å². The van der Waals surface area contributed by atoms with Crippen molar-refractivity contribution < 1.29 is 14.3 Å². The van der Waals surface area contributed by atoms with Gasteiger partial charge < -0.3 is 4.74 Å². The van der Waals surface area contributed by atoms with Crippen molar-refractivity contribution in [3.63, 3.8) is 0 Å². The van der Waals surface area contributed by atoms with E-state index in [9.17, 15) is 9.59 Å². The van der Waals surface area contributed by atoms with E-state index in [1.165, 1.54) is 4.90 Å². The molecule has 4 heteroatoms. The topological polar surface area (TPSA) is 46.6 Å². The van der Waals surface area contributed by atoms with Crippen LogP contribution in [0.1, 0.15) is 5.56 Å². The number of aryl methyl sites for hydroxylation is 1. The molecular formula is C15H13NO3. The highest BCUT2D eigenvalue weighted by Gasteiger charge is 2.60. The van der Waals surface area contributed by atoms with Crippen LogP contribution in [0.15, 0.2) is 36.4 Å². The van der Waals surface area contributed by atoms with Crippen LogP contribution in [0.4, 0.5) is 5.69 Å². The Hall–Kier alpha value is -1.94. The van der Waals surface area contributed by atoms with E-state index in [1.807, 2.05) is 37.3 Å². The molecule has 3 aliphatic heterocycles. The average molecular weight is 255 g/mol. The molecule has 0 aromatic heterocycles. The smallest absolute Gasteiger partial charge is 0.240 e. The molecule has 2 saturated heterocycles. The van der Waals surface area contributed by atoms with E-state index in [0.717, 1.165) is 5.56 Å². The third-order valence-electron chi connectivity index (χ3n) is 4.17. The van der Waals surface area contributed by atoms with E-state index >= 15 is 0 Å². The Bertz CT molecular complexity index is 592. The molecule has 2 bridgehead atoms. The molecule has 3 aliphatic rings. The van der Waals surface area contributed by atoms with E-state index in [1.54, 1.807) is 6.07 Å². The van der Waals surface area contributed by atoms with Gasteiger partial charge in [-0.05, 0) is 24.6 Å². The Balaban J connectivity index is 1.77. The van der Waals surface area contributed by atoms with E-state index in [2.05, 4.69) is 0 Å². The molecule has 19 heavy (non-hydrogen) atoms. The molecule has 1 aromatic carbocycles. The second kappa shape index (κ2) is 3.54. The zero-order valence-electron chi connectivity index (χ0n) is 10.4. The number of carbonyl (C=O) groups is 2. The SMILES string of the molecule is Cc1cccc(N2C(=O)[C@@H]3[C@H](C2=O)[C@@H]2C=C[C@H]3O2)c1. The summed E-state index contributed by atoms with van der Waals surface area (Å²) in [6.07, 6.45) is 3.36. The number of anilines is 1. The number of benzene rings is 1. The zero-order chi connectivity index (χ0) is 13.1. The highest BCUT2D eigenvalue weighted by Crippen LogP contribution is 2.46. The molecule has 96 valence electrons. The molecule has 4 nitrogen and oxygen atoms in total. The summed E-state index contributed by atoms with van der Waals surface area (Å²) in [6.45, 7) is 1.95. The molecular weight excluding hydrogens is 242 g/mol. The van der Waals surface area contributed by atoms with Crippen LogP contribution in [0, 0.1) is 18.8 Å². The van der Waals surface area contributed by atoms with Crippen molar-refractivity contribution in [2.45, 2.75) is 19.1 Å². The lowest BCUT2D eigenvalue weighted by atomic mass is 9.85. The van der Waals surface area contributed by atoms with E-state index < -0.39 is 0 Å². The average Bonchev–Trinajstić information content (AvgIpc) is 3.04. The number of hydrogen-bond acceptors (Lipinski definition) is 3. The van der Waals surface area contributed by atoms with Gasteiger partial charge in [-0.1, -0.05) is 24.3 Å². The van der Waals surface area contributed by atoms with Gasteiger partial charge in [0.05, 0.1) is 29.7 Å². The largest absolute Gasteiger partial charge is 0.365 e. The van der Waals surface area contributed by atoms with Crippen molar-refractivity contribution >= 4 is 17.5 Å². The monoisotopic (exact) mass is 255 g/mol. The Morgan fingerprint density at radius 3 is 2.26 bits per heavy atom. The van der Waals surface area contributed by atoms with Gasteiger partial charge in [0.2, 0.25) is 11.8 Å². The van der Waals surface area contributed by atoms with Crippen molar-refractivity contribution in [3.05, 3.63) is 42.0 Å². The molecule has 1 aromatic rings. The molecule has 0 unspecified atom stereocenters. The Morgan fingerprint density at radius 1 is 1.05 bits per heavy atom. The number of ether oxygens (including phenoxy) is 1. The molecule has 0 radical (unpaired) electrons. The van der Waals surface area contributed by atoms with Gasteiger partial charge in [0.1, 0.15) is 0 Å². The van der Waals surface area contributed by atoms with Crippen molar-refractivity contribution in [3.8, 4) is 0 Å². The van der Waals surface area contributed by atoms with Crippen molar-refractivity contribution in [1.29, 1.82) is 0 Å². The standard InChI is InChI=1S/C15H13NO3/c1-8-3-2-4-9(7-8)16-14(17)12-10-5-6-11(19-10)13(12)15(16)18/h2-7,10-13H,1H3/t10-,11+,12+,13-. The van der Waals surface area contributed by atoms with Gasteiger partial charge in [-0.25, -0.2) is 4.90 Å². The van der Waals surface area contributed by atoms with Gasteiger partial charge in [-0.15, -0.1) is 0 Å². The number of imide groups is 1. The van der Waals surface area contributed by atoms with Crippen LogP contribution < -0.4 is 4.90 Å². The molecule has 2 fully saturated rings. The second-order valence-corrected chi connectivity index (χ2v) is 5.35. The van der Waals surface area contributed by atoms with Gasteiger partial charge in [-0.2, -0.15) is 0 Å². The van der Waals surface area contributed by atoms with Gasteiger partial charge in [0, 0.05) is 0 Å². The second-order valence-electron chi connectivity index (χ2n) is 5.35. The fourth-order valence-corrected chi connectivity index (χ4v) is 3.33. The molecule has 0 aliphatic carbocycles. The predicted molar refractivity (Wildman–Crippen MR) is 68.5 cm³/mol. The Kier molecular flexibility index (Phi) is 2.04. The lowest BCUT2D eigenvalue weighted by Gasteiger charge is -2.17.